The van der Waals surface area contributed by atoms with Gasteiger partial charge in [-0.2, -0.15) is 11.3 Å². The summed E-state index contributed by atoms with van der Waals surface area (Å²) in [6, 6.07) is 9.91. The number of piperazine rings is 1. The molecule has 0 radical (unpaired) electrons. The molecule has 2 aromatic rings. The number of nitrogens with zero attached hydrogens (tertiary/aromatic N) is 2. The Kier molecular flexibility index (Phi) is 4.10. The maximum atomic E-state index is 12.3. The Bertz CT molecular complexity index is 604. The van der Waals surface area contributed by atoms with Gasteiger partial charge in [0.15, 0.2) is 0 Å². The van der Waals surface area contributed by atoms with E-state index in [0.29, 0.717) is 0 Å². The zero-order chi connectivity index (χ0) is 14.7. The van der Waals surface area contributed by atoms with Crippen LogP contribution in [0.5, 0.6) is 5.75 Å². The fourth-order valence-corrected chi connectivity index (χ4v) is 3.24. The number of ether oxygens (including phenoxy) is 1. The Hall–Kier alpha value is -2.01. The summed E-state index contributed by atoms with van der Waals surface area (Å²) in [5.41, 5.74) is 1.90. The summed E-state index contributed by atoms with van der Waals surface area (Å²) in [4.78, 5) is 16.5. The first-order valence-corrected chi connectivity index (χ1v) is 7.93. The van der Waals surface area contributed by atoms with E-state index in [-0.39, 0.29) is 5.91 Å². The van der Waals surface area contributed by atoms with Crippen molar-refractivity contribution in [3.05, 3.63) is 46.7 Å². The number of methoxy groups -OCH3 is 1. The average Bonchev–Trinajstić information content (AvgIpc) is 3.09. The van der Waals surface area contributed by atoms with Crippen molar-refractivity contribution in [2.24, 2.45) is 0 Å². The molecule has 1 amide bonds. The number of carbonyl (C=O) groups excluding carboxylic acids is 1. The second-order valence-corrected chi connectivity index (χ2v) is 5.74. The molecule has 1 aromatic carbocycles. The van der Waals surface area contributed by atoms with Gasteiger partial charge in [0, 0.05) is 31.6 Å². The van der Waals surface area contributed by atoms with Crippen LogP contribution in [0, 0.1) is 0 Å². The Balaban J connectivity index is 1.66. The molecule has 0 N–H and O–H groups in total. The fraction of sp³-hybridized carbons (Fsp3) is 0.312. The molecule has 110 valence electrons. The summed E-state index contributed by atoms with van der Waals surface area (Å²) in [5.74, 6) is 1.02. The van der Waals surface area contributed by atoms with Crippen molar-refractivity contribution >= 4 is 22.9 Å². The number of amides is 1. The summed E-state index contributed by atoms with van der Waals surface area (Å²) in [5, 5.41) is 3.85. The summed E-state index contributed by atoms with van der Waals surface area (Å²) in [6.07, 6.45) is 0. The van der Waals surface area contributed by atoms with Gasteiger partial charge in [0.1, 0.15) is 5.75 Å². The molecule has 1 aliphatic rings. The van der Waals surface area contributed by atoms with Crippen molar-refractivity contribution in [1.29, 1.82) is 0 Å². The van der Waals surface area contributed by atoms with Gasteiger partial charge in [-0.25, -0.2) is 0 Å². The van der Waals surface area contributed by atoms with Crippen LogP contribution in [-0.2, 0) is 0 Å². The maximum Gasteiger partial charge on any atom is 0.254 e. The predicted octanol–water partition coefficient (Wildman–Crippen LogP) is 2.72. The van der Waals surface area contributed by atoms with Gasteiger partial charge in [0.05, 0.1) is 18.4 Å². The molecule has 1 aliphatic heterocycles. The molecule has 21 heavy (non-hydrogen) atoms. The molecule has 5 heteroatoms. The molecule has 3 rings (SSSR count). The zero-order valence-corrected chi connectivity index (χ0v) is 12.8. The number of thiophene rings is 1. The molecule has 0 saturated carbocycles. The average molecular weight is 302 g/mol. The lowest BCUT2D eigenvalue weighted by molar-refractivity contribution is 0.0747. The van der Waals surface area contributed by atoms with E-state index in [1.165, 1.54) is 0 Å². The molecule has 1 aromatic heterocycles. The lowest BCUT2D eigenvalue weighted by atomic mass is 10.2. The quantitative estimate of drug-likeness (QED) is 0.874. The van der Waals surface area contributed by atoms with E-state index in [4.69, 9.17) is 4.74 Å². The van der Waals surface area contributed by atoms with E-state index in [0.717, 1.165) is 43.2 Å². The van der Waals surface area contributed by atoms with E-state index in [9.17, 15) is 4.79 Å². The van der Waals surface area contributed by atoms with Crippen LogP contribution in [0.2, 0.25) is 0 Å². The number of anilines is 1. The van der Waals surface area contributed by atoms with E-state index < -0.39 is 0 Å². The lowest BCUT2D eigenvalue weighted by Gasteiger charge is -2.36. The van der Waals surface area contributed by atoms with E-state index in [1.807, 2.05) is 39.9 Å². The number of rotatable bonds is 3. The van der Waals surface area contributed by atoms with Gasteiger partial charge >= 0.3 is 0 Å². The molecular weight excluding hydrogens is 284 g/mol. The normalized spacial score (nSPS) is 15.1. The van der Waals surface area contributed by atoms with Crippen LogP contribution in [0.4, 0.5) is 5.69 Å². The minimum atomic E-state index is 0.135. The molecule has 1 saturated heterocycles. The fourth-order valence-electron chi connectivity index (χ4n) is 2.61. The third-order valence-electron chi connectivity index (χ3n) is 3.76. The van der Waals surface area contributed by atoms with Gasteiger partial charge in [-0.05, 0) is 23.6 Å². The molecule has 0 unspecified atom stereocenters. The summed E-state index contributed by atoms with van der Waals surface area (Å²) >= 11 is 1.56. The molecule has 0 aliphatic carbocycles. The minimum absolute atomic E-state index is 0.135. The SMILES string of the molecule is COc1ccccc1N1CCN(C(=O)c2ccsc2)CC1. The smallest absolute Gasteiger partial charge is 0.254 e. The summed E-state index contributed by atoms with van der Waals surface area (Å²) in [7, 11) is 1.69. The number of carbonyl (C=O) groups is 1. The van der Waals surface area contributed by atoms with Crippen LogP contribution in [0.3, 0.4) is 0 Å². The third kappa shape index (κ3) is 2.88. The first-order valence-electron chi connectivity index (χ1n) is 6.99. The second-order valence-electron chi connectivity index (χ2n) is 4.96. The van der Waals surface area contributed by atoms with Gasteiger partial charge in [-0.15, -0.1) is 0 Å². The van der Waals surface area contributed by atoms with Crippen LogP contribution >= 0.6 is 11.3 Å². The van der Waals surface area contributed by atoms with Gasteiger partial charge in [0.25, 0.3) is 5.91 Å². The van der Waals surface area contributed by atoms with Crippen molar-refractivity contribution in [1.82, 2.24) is 4.90 Å². The van der Waals surface area contributed by atoms with Gasteiger partial charge < -0.3 is 14.5 Å². The third-order valence-corrected chi connectivity index (χ3v) is 4.44. The molecule has 2 heterocycles. The summed E-state index contributed by atoms with van der Waals surface area (Å²) in [6.45, 7) is 3.14. The van der Waals surface area contributed by atoms with E-state index in [2.05, 4.69) is 11.0 Å². The van der Waals surface area contributed by atoms with Gasteiger partial charge in [-0.1, -0.05) is 12.1 Å². The highest BCUT2D eigenvalue weighted by Crippen LogP contribution is 2.28. The highest BCUT2D eigenvalue weighted by atomic mass is 32.1. The Labute approximate surface area is 128 Å². The maximum absolute atomic E-state index is 12.3. The molecule has 0 atom stereocenters. The molecule has 4 nitrogen and oxygen atoms in total. The van der Waals surface area contributed by atoms with Gasteiger partial charge in [0.2, 0.25) is 0 Å². The monoisotopic (exact) mass is 302 g/mol. The van der Waals surface area contributed by atoms with Crippen LogP contribution in [-0.4, -0.2) is 44.1 Å². The predicted molar refractivity (Wildman–Crippen MR) is 85.4 cm³/mol. The highest BCUT2D eigenvalue weighted by Gasteiger charge is 2.23. The first kappa shape index (κ1) is 13.9. The molecular formula is C16H18N2O2S. The molecule has 0 bridgehead atoms. The van der Waals surface area contributed by atoms with E-state index >= 15 is 0 Å². The molecule has 0 spiro atoms. The largest absolute Gasteiger partial charge is 0.495 e. The number of hydrogen-bond donors (Lipinski definition) is 0. The Morgan fingerprint density at radius 2 is 1.90 bits per heavy atom. The van der Waals surface area contributed by atoms with Crippen molar-refractivity contribution in [2.45, 2.75) is 0 Å². The topological polar surface area (TPSA) is 32.8 Å². The lowest BCUT2D eigenvalue weighted by Crippen LogP contribution is -2.48. The van der Waals surface area contributed by atoms with Crippen molar-refractivity contribution in [2.75, 3.05) is 38.2 Å². The van der Waals surface area contributed by atoms with Crippen LogP contribution < -0.4 is 9.64 Å². The van der Waals surface area contributed by atoms with E-state index in [1.54, 1.807) is 18.4 Å². The Morgan fingerprint density at radius 3 is 2.57 bits per heavy atom. The highest BCUT2D eigenvalue weighted by molar-refractivity contribution is 7.08. The van der Waals surface area contributed by atoms with Crippen LogP contribution in [0.1, 0.15) is 10.4 Å². The van der Waals surface area contributed by atoms with Crippen molar-refractivity contribution in [3.63, 3.8) is 0 Å². The van der Waals surface area contributed by atoms with Crippen LogP contribution in [0.15, 0.2) is 41.1 Å². The number of para-hydroxylation sites is 2. The Morgan fingerprint density at radius 1 is 1.14 bits per heavy atom. The summed E-state index contributed by atoms with van der Waals surface area (Å²) < 4.78 is 5.41. The molecule has 1 fully saturated rings. The van der Waals surface area contributed by atoms with Crippen LogP contribution in [0.25, 0.3) is 0 Å². The van der Waals surface area contributed by atoms with Gasteiger partial charge in [-0.3, -0.25) is 4.79 Å². The zero-order valence-electron chi connectivity index (χ0n) is 12.0. The second kappa shape index (κ2) is 6.18. The first-order chi connectivity index (χ1) is 10.3. The minimum Gasteiger partial charge on any atom is -0.495 e. The number of benzene rings is 1. The van der Waals surface area contributed by atoms with Crippen molar-refractivity contribution in [3.8, 4) is 5.75 Å². The standard InChI is InChI=1S/C16H18N2O2S/c1-20-15-5-3-2-4-14(15)17-7-9-18(10-8-17)16(19)13-6-11-21-12-13/h2-6,11-12H,7-10H2,1H3. The van der Waals surface area contributed by atoms with Crippen molar-refractivity contribution < 1.29 is 9.53 Å². The number of hydrogen-bond acceptors (Lipinski definition) is 4.